The van der Waals surface area contributed by atoms with E-state index in [1.54, 1.807) is 0 Å². The molecule has 0 unspecified atom stereocenters. The number of rotatable bonds is 5. The van der Waals surface area contributed by atoms with E-state index in [1.165, 1.54) is 11.8 Å². The summed E-state index contributed by atoms with van der Waals surface area (Å²) in [4.78, 5) is 14.6. The van der Waals surface area contributed by atoms with Crippen LogP contribution in [-0.4, -0.2) is 28.4 Å². The van der Waals surface area contributed by atoms with Crippen molar-refractivity contribution in [3.05, 3.63) is 33.2 Å². The zero-order valence-corrected chi connectivity index (χ0v) is 14.1. The highest BCUT2D eigenvalue weighted by Gasteiger charge is 2.41. The van der Waals surface area contributed by atoms with Crippen molar-refractivity contribution in [2.24, 2.45) is 5.92 Å². The number of carboxylic acid groups (broad SMARTS) is 1. The van der Waals surface area contributed by atoms with Gasteiger partial charge in [-0.3, -0.25) is 0 Å². The van der Waals surface area contributed by atoms with E-state index in [4.69, 9.17) is 4.74 Å². The SMILES string of the molecule is O=C(O)c1c(C(F)F)nc(C(F)(F)F)c(/C=C2/OCCS2)c1CC1CC1. The number of pyridine rings is 1. The average Bonchev–Trinajstić information content (AvgIpc) is 3.19. The van der Waals surface area contributed by atoms with Crippen molar-refractivity contribution < 1.29 is 36.6 Å². The molecule has 2 heterocycles. The topological polar surface area (TPSA) is 59.4 Å². The van der Waals surface area contributed by atoms with Crippen LogP contribution in [0, 0.1) is 5.92 Å². The summed E-state index contributed by atoms with van der Waals surface area (Å²) < 4.78 is 72.3. The number of alkyl halides is 5. The van der Waals surface area contributed by atoms with Crippen LogP contribution in [-0.2, 0) is 17.3 Å². The van der Waals surface area contributed by atoms with Crippen LogP contribution < -0.4 is 0 Å². The molecule has 0 amide bonds. The second kappa shape index (κ2) is 7.05. The molecule has 10 heteroatoms. The Bertz CT molecular complexity index is 751. The summed E-state index contributed by atoms with van der Waals surface area (Å²) in [7, 11) is 0. The zero-order chi connectivity index (χ0) is 19.1. The van der Waals surface area contributed by atoms with Gasteiger partial charge in [0.05, 0.1) is 12.2 Å². The quantitative estimate of drug-likeness (QED) is 0.729. The van der Waals surface area contributed by atoms with Crippen molar-refractivity contribution in [3.8, 4) is 0 Å². The third-order valence-corrected chi connectivity index (χ3v) is 4.97. The molecule has 1 aromatic rings. The van der Waals surface area contributed by atoms with Gasteiger partial charge in [0, 0.05) is 11.3 Å². The maximum atomic E-state index is 13.5. The second-order valence-corrected chi connectivity index (χ2v) is 7.12. The number of carbonyl (C=O) groups is 1. The predicted octanol–water partition coefficient (Wildman–Crippen LogP) is 4.75. The van der Waals surface area contributed by atoms with Crippen molar-refractivity contribution in [1.82, 2.24) is 4.98 Å². The molecule has 4 nitrogen and oxygen atoms in total. The summed E-state index contributed by atoms with van der Waals surface area (Å²) in [6.45, 7) is 0.310. The van der Waals surface area contributed by atoms with E-state index in [1.807, 2.05) is 0 Å². The van der Waals surface area contributed by atoms with Crippen LogP contribution in [0.15, 0.2) is 5.09 Å². The normalized spacial score (nSPS) is 19.2. The maximum absolute atomic E-state index is 13.5. The Morgan fingerprint density at radius 1 is 1.38 bits per heavy atom. The molecule has 1 saturated carbocycles. The van der Waals surface area contributed by atoms with Crippen molar-refractivity contribution in [2.75, 3.05) is 12.4 Å². The first-order valence-corrected chi connectivity index (χ1v) is 8.79. The lowest BCUT2D eigenvalue weighted by molar-refractivity contribution is -0.141. The Morgan fingerprint density at radius 2 is 2.08 bits per heavy atom. The molecule has 1 N–H and O–H groups in total. The van der Waals surface area contributed by atoms with Gasteiger partial charge in [-0.05, 0) is 36.8 Å². The summed E-state index contributed by atoms with van der Waals surface area (Å²) in [6, 6.07) is 0. The lowest BCUT2D eigenvalue weighted by atomic mass is 9.93. The number of halogens is 5. The average molecular weight is 395 g/mol. The lowest BCUT2D eigenvalue weighted by Gasteiger charge is -2.19. The van der Waals surface area contributed by atoms with E-state index in [0.29, 0.717) is 25.2 Å². The molecule has 2 fully saturated rings. The van der Waals surface area contributed by atoms with Crippen molar-refractivity contribution in [3.63, 3.8) is 0 Å². The Morgan fingerprint density at radius 3 is 2.54 bits per heavy atom. The van der Waals surface area contributed by atoms with Gasteiger partial charge in [-0.25, -0.2) is 18.6 Å². The van der Waals surface area contributed by atoms with Crippen LogP contribution in [0.25, 0.3) is 6.08 Å². The number of hydrogen-bond donors (Lipinski definition) is 1. The third kappa shape index (κ3) is 3.94. The molecular formula is C16H14F5NO3S. The Kier molecular flexibility index (Phi) is 5.14. The fourth-order valence-corrected chi connectivity index (χ4v) is 3.52. The predicted molar refractivity (Wildman–Crippen MR) is 84.0 cm³/mol. The van der Waals surface area contributed by atoms with Crippen LogP contribution >= 0.6 is 11.8 Å². The van der Waals surface area contributed by atoms with Gasteiger partial charge in [0.25, 0.3) is 6.43 Å². The molecule has 1 aliphatic carbocycles. The molecule has 3 rings (SSSR count). The Balaban J connectivity index is 2.30. The van der Waals surface area contributed by atoms with E-state index in [-0.39, 0.29) is 23.0 Å². The molecule has 1 saturated heterocycles. The smallest absolute Gasteiger partial charge is 0.433 e. The van der Waals surface area contributed by atoms with Gasteiger partial charge in [-0.15, -0.1) is 0 Å². The van der Waals surface area contributed by atoms with Crippen molar-refractivity contribution >= 4 is 23.8 Å². The van der Waals surface area contributed by atoms with Gasteiger partial charge < -0.3 is 9.84 Å². The van der Waals surface area contributed by atoms with Crippen LogP contribution in [0.3, 0.4) is 0 Å². The molecule has 0 aromatic carbocycles. The molecule has 26 heavy (non-hydrogen) atoms. The number of hydrogen-bond acceptors (Lipinski definition) is 4. The standard InChI is InChI=1S/C16H14F5NO3S/c17-14(18)12-11(15(23)24)8(5-7-1-2-7)9(6-10-25-3-4-26-10)13(22-12)16(19,20)21/h6-7,14H,1-5H2,(H,23,24)/b10-6-. The van der Waals surface area contributed by atoms with Crippen LogP contribution in [0.1, 0.15) is 52.1 Å². The lowest BCUT2D eigenvalue weighted by Crippen LogP contribution is -2.20. The minimum Gasteiger partial charge on any atom is -0.486 e. The number of aromatic carboxylic acids is 1. The molecule has 2 aliphatic rings. The molecule has 0 atom stereocenters. The largest absolute Gasteiger partial charge is 0.486 e. The fourth-order valence-electron chi connectivity index (χ4n) is 2.79. The van der Waals surface area contributed by atoms with Crippen LogP contribution in [0.4, 0.5) is 22.0 Å². The highest BCUT2D eigenvalue weighted by atomic mass is 32.2. The summed E-state index contributed by atoms with van der Waals surface area (Å²) in [6.07, 6.45) is -5.95. The molecule has 142 valence electrons. The summed E-state index contributed by atoms with van der Waals surface area (Å²) in [5.74, 6) is -1.19. The highest BCUT2D eigenvalue weighted by Crippen LogP contribution is 2.42. The number of carboxylic acids is 1. The number of aromatic nitrogens is 1. The molecule has 1 aliphatic heterocycles. The number of nitrogens with zero attached hydrogens (tertiary/aromatic N) is 1. The fraction of sp³-hybridized carbons (Fsp3) is 0.500. The molecule has 0 spiro atoms. The second-order valence-electron chi connectivity index (χ2n) is 6.02. The Hall–Kier alpha value is -1.84. The molecule has 1 aromatic heterocycles. The first-order chi connectivity index (χ1) is 12.2. The van der Waals surface area contributed by atoms with Gasteiger partial charge in [-0.1, -0.05) is 11.8 Å². The minimum absolute atomic E-state index is 0.0171. The minimum atomic E-state index is -5.01. The Labute approximate surface area is 149 Å². The van der Waals surface area contributed by atoms with Gasteiger partial charge in [0.15, 0.2) is 10.8 Å². The number of ether oxygens (including phenoxy) is 1. The van der Waals surface area contributed by atoms with E-state index in [0.717, 1.165) is 6.08 Å². The van der Waals surface area contributed by atoms with Crippen LogP contribution in [0.5, 0.6) is 0 Å². The van der Waals surface area contributed by atoms with E-state index < -0.39 is 41.1 Å². The van der Waals surface area contributed by atoms with E-state index in [2.05, 4.69) is 4.98 Å². The third-order valence-electron chi connectivity index (χ3n) is 4.08. The first-order valence-electron chi connectivity index (χ1n) is 7.81. The summed E-state index contributed by atoms with van der Waals surface area (Å²) in [5, 5.41) is 9.59. The van der Waals surface area contributed by atoms with Gasteiger partial charge in [0.2, 0.25) is 0 Å². The van der Waals surface area contributed by atoms with Crippen molar-refractivity contribution in [1.29, 1.82) is 0 Å². The zero-order valence-electron chi connectivity index (χ0n) is 13.3. The van der Waals surface area contributed by atoms with Gasteiger partial charge >= 0.3 is 12.1 Å². The summed E-state index contributed by atoms with van der Waals surface area (Å²) in [5.41, 5.74) is -4.42. The van der Waals surface area contributed by atoms with Gasteiger partial charge in [0.1, 0.15) is 5.69 Å². The highest BCUT2D eigenvalue weighted by molar-refractivity contribution is 8.03. The van der Waals surface area contributed by atoms with Crippen LogP contribution in [0.2, 0.25) is 0 Å². The van der Waals surface area contributed by atoms with Crippen molar-refractivity contribution in [2.45, 2.75) is 31.9 Å². The monoisotopic (exact) mass is 395 g/mol. The molecule has 0 radical (unpaired) electrons. The molecule has 0 bridgehead atoms. The van der Waals surface area contributed by atoms with E-state index >= 15 is 0 Å². The number of thioether (sulfide) groups is 1. The maximum Gasteiger partial charge on any atom is 0.433 e. The van der Waals surface area contributed by atoms with E-state index in [9.17, 15) is 31.9 Å². The van der Waals surface area contributed by atoms with Gasteiger partial charge in [-0.2, -0.15) is 13.2 Å². The first kappa shape index (κ1) is 18.9. The summed E-state index contributed by atoms with van der Waals surface area (Å²) >= 11 is 1.17. The molecular weight excluding hydrogens is 381 g/mol.